The highest BCUT2D eigenvalue weighted by Gasteiger charge is 2.36. The predicted molar refractivity (Wildman–Crippen MR) is 94.8 cm³/mol. The summed E-state index contributed by atoms with van der Waals surface area (Å²) in [5, 5.41) is 3.14. The highest BCUT2D eigenvalue weighted by Crippen LogP contribution is 2.33. The summed E-state index contributed by atoms with van der Waals surface area (Å²) in [7, 11) is 0. The van der Waals surface area contributed by atoms with Gasteiger partial charge in [0.2, 0.25) is 5.91 Å². The Balaban J connectivity index is 1.59. The van der Waals surface area contributed by atoms with E-state index in [0.717, 1.165) is 70.9 Å². The van der Waals surface area contributed by atoms with Crippen LogP contribution in [0.1, 0.15) is 25.3 Å². The van der Waals surface area contributed by atoms with E-state index in [1.807, 2.05) is 0 Å². The Kier molecular flexibility index (Phi) is 6.04. The summed E-state index contributed by atoms with van der Waals surface area (Å²) in [5.74, 6) is -0.282. The molecule has 2 aliphatic heterocycles. The molecule has 0 radical (unpaired) electrons. The Morgan fingerprint density at radius 1 is 1.08 bits per heavy atom. The minimum atomic E-state index is -0.380. The number of nitrogens with zero attached hydrogens (tertiary/aromatic N) is 2. The molecule has 1 aromatic carbocycles. The molecule has 0 aromatic heterocycles. The van der Waals surface area contributed by atoms with E-state index in [9.17, 15) is 9.18 Å². The van der Waals surface area contributed by atoms with Gasteiger partial charge in [0, 0.05) is 46.2 Å². The molecule has 0 saturated carbocycles. The van der Waals surface area contributed by atoms with Crippen LogP contribution in [-0.2, 0) is 15.1 Å². The van der Waals surface area contributed by atoms with Crippen molar-refractivity contribution < 1.29 is 13.9 Å². The molecule has 2 heterocycles. The molecule has 2 fully saturated rings. The summed E-state index contributed by atoms with van der Waals surface area (Å²) < 4.78 is 18.7. The zero-order valence-corrected chi connectivity index (χ0v) is 15.0. The third-order valence-electron chi connectivity index (χ3n) is 5.36. The number of likely N-dealkylation sites (tertiary alicyclic amines) is 1. The summed E-state index contributed by atoms with van der Waals surface area (Å²) in [4.78, 5) is 16.7. The molecular formula is C19H28FN3O2. The van der Waals surface area contributed by atoms with E-state index < -0.39 is 0 Å². The van der Waals surface area contributed by atoms with Gasteiger partial charge in [-0.3, -0.25) is 9.69 Å². The van der Waals surface area contributed by atoms with Crippen molar-refractivity contribution in [2.75, 3.05) is 52.5 Å². The number of rotatable bonds is 5. The molecule has 1 amide bonds. The van der Waals surface area contributed by atoms with Crippen molar-refractivity contribution in [1.29, 1.82) is 0 Å². The van der Waals surface area contributed by atoms with Crippen LogP contribution in [0, 0.1) is 5.82 Å². The molecule has 0 spiro atoms. The number of hydrogen-bond donors (Lipinski definition) is 1. The molecule has 6 heteroatoms. The lowest BCUT2D eigenvalue weighted by Gasteiger charge is -2.43. The Hall–Kier alpha value is -1.50. The van der Waals surface area contributed by atoms with Gasteiger partial charge in [-0.1, -0.05) is 12.1 Å². The molecule has 1 N–H and O–H groups in total. The third kappa shape index (κ3) is 4.77. The summed E-state index contributed by atoms with van der Waals surface area (Å²) in [5.41, 5.74) is 0.617. The Morgan fingerprint density at radius 2 is 1.64 bits per heavy atom. The van der Waals surface area contributed by atoms with Gasteiger partial charge in [0.1, 0.15) is 5.82 Å². The van der Waals surface area contributed by atoms with Gasteiger partial charge in [-0.25, -0.2) is 4.39 Å². The monoisotopic (exact) mass is 349 g/mol. The molecule has 0 bridgehead atoms. The average molecular weight is 349 g/mol. The van der Waals surface area contributed by atoms with Crippen molar-refractivity contribution in [1.82, 2.24) is 15.1 Å². The molecule has 2 saturated heterocycles. The minimum Gasteiger partial charge on any atom is -0.379 e. The van der Waals surface area contributed by atoms with Crippen LogP contribution in [0.5, 0.6) is 0 Å². The van der Waals surface area contributed by atoms with Crippen LogP contribution >= 0.6 is 0 Å². The topological polar surface area (TPSA) is 44.8 Å². The van der Waals surface area contributed by atoms with Gasteiger partial charge < -0.3 is 15.0 Å². The van der Waals surface area contributed by atoms with Gasteiger partial charge in [-0.2, -0.15) is 0 Å². The zero-order chi connectivity index (χ0) is 17.7. The number of carbonyl (C=O) groups excluding carboxylic acids is 1. The molecule has 0 unspecified atom stereocenters. The molecule has 25 heavy (non-hydrogen) atoms. The van der Waals surface area contributed by atoms with Crippen LogP contribution < -0.4 is 5.32 Å². The quantitative estimate of drug-likeness (QED) is 0.877. The number of halogens is 1. The molecule has 2 aliphatic rings. The predicted octanol–water partition coefficient (Wildman–Crippen LogP) is 1.59. The number of morpholine rings is 1. The van der Waals surface area contributed by atoms with Gasteiger partial charge in [-0.05, 0) is 30.5 Å². The van der Waals surface area contributed by atoms with Gasteiger partial charge >= 0.3 is 0 Å². The van der Waals surface area contributed by atoms with E-state index in [0.29, 0.717) is 0 Å². The number of piperidine rings is 1. The first-order chi connectivity index (χ1) is 12.1. The lowest BCUT2D eigenvalue weighted by atomic mass is 9.80. The molecule has 5 nitrogen and oxygen atoms in total. The second-order valence-electron chi connectivity index (χ2n) is 7.07. The first-order valence-corrected chi connectivity index (χ1v) is 9.15. The normalized spacial score (nSPS) is 21.8. The number of carbonyl (C=O) groups is 1. The van der Waals surface area contributed by atoms with Crippen molar-refractivity contribution in [3.05, 3.63) is 35.6 Å². The largest absolute Gasteiger partial charge is 0.379 e. The zero-order valence-electron chi connectivity index (χ0n) is 15.0. The third-order valence-corrected chi connectivity index (χ3v) is 5.36. The van der Waals surface area contributed by atoms with Crippen LogP contribution in [0.15, 0.2) is 24.3 Å². The fourth-order valence-corrected chi connectivity index (χ4v) is 3.86. The van der Waals surface area contributed by atoms with Crippen molar-refractivity contribution in [2.45, 2.75) is 25.3 Å². The van der Waals surface area contributed by atoms with Gasteiger partial charge in [-0.15, -0.1) is 0 Å². The summed E-state index contributed by atoms with van der Waals surface area (Å²) >= 11 is 0. The Bertz CT molecular complexity index is 565. The number of nitrogens with one attached hydrogen (secondary N) is 1. The van der Waals surface area contributed by atoms with Crippen LogP contribution in [-0.4, -0.2) is 68.2 Å². The fourth-order valence-electron chi connectivity index (χ4n) is 3.86. The second-order valence-corrected chi connectivity index (χ2v) is 7.07. The van der Waals surface area contributed by atoms with Crippen molar-refractivity contribution in [3.8, 4) is 0 Å². The first kappa shape index (κ1) is 18.3. The van der Waals surface area contributed by atoms with E-state index in [4.69, 9.17) is 4.74 Å². The summed E-state index contributed by atoms with van der Waals surface area (Å²) in [6, 6.07) is 6.55. The van der Waals surface area contributed by atoms with Crippen molar-refractivity contribution >= 4 is 5.91 Å². The maximum Gasteiger partial charge on any atom is 0.217 e. The van der Waals surface area contributed by atoms with E-state index in [1.54, 1.807) is 19.1 Å². The minimum absolute atomic E-state index is 0.0360. The molecule has 0 aliphatic carbocycles. The van der Waals surface area contributed by atoms with Gasteiger partial charge in [0.25, 0.3) is 0 Å². The van der Waals surface area contributed by atoms with Gasteiger partial charge in [0.05, 0.1) is 18.8 Å². The number of amides is 1. The van der Waals surface area contributed by atoms with Crippen LogP contribution in [0.25, 0.3) is 0 Å². The van der Waals surface area contributed by atoms with Crippen LogP contribution in [0.4, 0.5) is 4.39 Å². The average Bonchev–Trinajstić information content (AvgIpc) is 2.62. The van der Waals surface area contributed by atoms with Crippen molar-refractivity contribution in [2.24, 2.45) is 0 Å². The highest BCUT2D eigenvalue weighted by atomic mass is 19.1. The summed E-state index contributed by atoms with van der Waals surface area (Å²) in [6.45, 7) is 9.21. The van der Waals surface area contributed by atoms with Crippen molar-refractivity contribution in [3.63, 3.8) is 0 Å². The van der Waals surface area contributed by atoms with E-state index in [1.165, 1.54) is 12.1 Å². The van der Waals surface area contributed by atoms with Crippen LogP contribution in [0.2, 0.25) is 0 Å². The molecular weight excluding hydrogens is 321 g/mol. The lowest BCUT2D eigenvalue weighted by molar-refractivity contribution is -0.121. The first-order valence-electron chi connectivity index (χ1n) is 9.15. The van der Waals surface area contributed by atoms with Gasteiger partial charge in [0.15, 0.2) is 0 Å². The smallest absolute Gasteiger partial charge is 0.217 e. The molecule has 1 aromatic rings. The lowest BCUT2D eigenvalue weighted by Crippen LogP contribution is -2.53. The number of ether oxygens (including phenoxy) is 1. The second kappa shape index (κ2) is 8.25. The maximum atomic E-state index is 13.3. The van der Waals surface area contributed by atoms with E-state index in [2.05, 4.69) is 15.1 Å². The highest BCUT2D eigenvalue weighted by molar-refractivity contribution is 5.74. The Morgan fingerprint density at radius 3 is 2.20 bits per heavy atom. The Labute approximate surface area is 149 Å². The standard InChI is InChI=1S/C19H28FN3O2/c1-16(24)21-19(17-2-4-18(20)5-3-17)6-8-22(9-7-19)10-11-23-12-14-25-15-13-23/h2-5H,6-15H2,1H3,(H,21,24). The molecule has 0 atom stereocenters. The van der Waals surface area contributed by atoms with E-state index in [-0.39, 0.29) is 17.3 Å². The molecule has 3 rings (SSSR count). The van der Waals surface area contributed by atoms with E-state index >= 15 is 0 Å². The SMILES string of the molecule is CC(=O)NC1(c2ccc(F)cc2)CCN(CCN2CCOCC2)CC1. The number of hydrogen-bond acceptors (Lipinski definition) is 4. The number of benzene rings is 1. The molecule has 138 valence electrons. The fraction of sp³-hybridized carbons (Fsp3) is 0.632. The van der Waals surface area contributed by atoms with Crippen LogP contribution in [0.3, 0.4) is 0 Å². The maximum absolute atomic E-state index is 13.3. The summed E-state index contributed by atoms with van der Waals surface area (Å²) in [6.07, 6.45) is 1.70.